The van der Waals surface area contributed by atoms with Gasteiger partial charge in [0.15, 0.2) is 0 Å². The molecule has 0 fully saturated rings. The Morgan fingerprint density at radius 2 is 0.708 bits per heavy atom. The highest BCUT2D eigenvalue weighted by Crippen LogP contribution is 2.11. The van der Waals surface area contributed by atoms with Crippen molar-refractivity contribution in [1.29, 1.82) is 0 Å². The van der Waals surface area contributed by atoms with Crippen molar-refractivity contribution < 1.29 is 30.0 Å². The number of unbranched alkanes of at least 4 members (excludes halogenated alkanes) is 10. The van der Waals surface area contributed by atoms with Crippen molar-refractivity contribution in [3.63, 3.8) is 0 Å². The fourth-order valence-corrected chi connectivity index (χ4v) is 2.19. The molecule has 24 heavy (non-hydrogen) atoms. The highest BCUT2D eigenvalue weighted by Gasteiger charge is 1.98. The average Bonchev–Trinajstić information content (AvgIpc) is 2.54. The van der Waals surface area contributed by atoms with Gasteiger partial charge in [-0.2, -0.15) is 0 Å². The van der Waals surface area contributed by atoms with E-state index in [9.17, 15) is 9.59 Å². The first kappa shape index (κ1) is 25.1. The maximum Gasteiger partial charge on any atom is 0.303 e. The van der Waals surface area contributed by atoms with Crippen LogP contribution in [0.1, 0.15) is 89.9 Å². The van der Waals surface area contributed by atoms with Crippen molar-refractivity contribution in [3.8, 4) is 0 Å². The Hall–Kier alpha value is -1.14. The van der Waals surface area contributed by atoms with E-state index < -0.39 is 11.9 Å². The second-order valence-electron chi connectivity index (χ2n) is 5.98. The number of carboxylic acids is 2. The van der Waals surface area contributed by atoms with Crippen molar-refractivity contribution in [3.05, 3.63) is 0 Å². The molecule has 144 valence electrons. The maximum atomic E-state index is 10.3. The lowest BCUT2D eigenvalue weighted by atomic mass is 10.1. The zero-order valence-corrected chi connectivity index (χ0v) is 14.9. The first-order valence-corrected chi connectivity index (χ1v) is 9.20. The predicted molar refractivity (Wildman–Crippen MR) is 94.1 cm³/mol. The first-order chi connectivity index (χ1) is 11.5. The number of carboxylic acid groups (broad SMARTS) is 2. The van der Waals surface area contributed by atoms with Crippen LogP contribution in [0.25, 0.3) is 0 Å². The van der Waals surface area contributed by atoms with Crippen LogP contribution in [0.3, 0.4) is 0 Å². The highest BCUT2D eigenvalue weighted by molar-refractivity contribution is 5.66. The van der Waals surface area contributed by atoms with Crippen LogP contribution < -0.4 is 0 Å². The normalized spacial score (nSPS) is 10.1. The Morgan fingerprint density at radius 3 is 0.917 bits per heavy atom. The number of aliphatic carboxylic acids is 2. The van der Waals surface area contributed by atoms with Crippen molar-refractivity contribution in [1.82, 2.24) is 0 Å². The molecular formula is C18H36O6. The van der Waals surface area contributed by atoms with Crippen molar-refractivity contribution >= 4 is 11.9 Å². The van der Waals surface area contributed by atoms with Gasteiger partial charge in [0.25, 0.3) is 0 Å². The number of rotatable bonds is 16. The summed E-state index contributed by atoms with van der Waals surface area (Å²) in [7, 11) is 0. The third-order valence-corrected chi connectivity index (χ3v) is 3.60. The molecule has 0 aliphatic rings. The number of hydrogen-bond donors (Lipinski definition) is 4. The minimum atomic E-state index is -0.698. The summed E-state index contributed by atoms with van der Waals surface area (Å²) < 4.78 is 0. The zero-order valence-electron chi connectivity index (χ0n) is 14.9. The van der Waals surface area contributed by atoms with Crippen LogP contribution in [0, 0.1) is 0 Å². The summed E-state index contributed by atoms with van der Waals surface area (Å²) in [6, 6.07) is 0. The van der Waals surface area contributed by atoms with Gasteiger partial charge in [-0.1, -0.05) is 51.4 Å². The fourth-order valence-electron chi connectivity index (χ4n) is 2.19. The lowest BCUT2D eigenvalue weighted by Gasteiger charge is -2.01. The molecule has 0 heterocycles. The van der Waals surface area contributed by atoms with Crippen molar-refractivity contribution in [2.45, 2.75) is 89.9 Å². The summed E-state index contributed by atoms with van der Waals surface area (Å²) in [6.45, 7) is 0.390. The van der Waals surface area contributed by atoms with E-state index in [1.165, 1.54) is 25.7 Å². The van der Waals surface area contributed by atoms with Crippen LogP contribution in [0.5, 0.6) is 0 Å². The Morgan fingerprint density at radius 1 is 0.458 bits per heavy atom. The summed E-state index contributed by atoms with van der Waals surface area (Å²) >= 11 is 0. The van der Waals surface area contributed by atoms with Crippen molar-refractivity contribution in [2.75, 3.05) is 13.2 Å². The van der Waals surface area contributed by atoms with Crippen LogP contribution in [0.15, 0.2) is 0 Å². The van der Waals surface area contributed by atoms with Gasteiger partial charge in [0.05, 0.1) is 0 Å². The molecule has 0 radical (unpaired) electrons. The van der Waals surface area contributed by atoms with Crippen molar-refractivity contribution in [2.24, 2.45) is 0 Å². The molecule has 0 saturated carbocycles. The van der Waals surface area contributed by atoms with E-state index in [4.69, 9.17) is 20.4 Å². The molecule has 0 aromatic rings. The second-order valence-corrected chi connectivity index (χ2v) is 5.98. The quantitative estimate of drug-likeness (QED) is 0.317. The third-order valence-electron chi connectivity index (χ3n) is 3.60. The molecule has 0 aromatic heterocycles. The number of aliphatic hydroxyl groups is 2. The van der Waals surface area contributed by atoms with E-state index in [2.05, 4.69) is 0 Å². The highest BCUT2D eigenvalue weighted by atomic mass is 16.4. The van der Waals surface area contributed by atoms with Gasteiger partial charge in [-0.15, -0.1) is 0 Å². The smallest absolute Gasteiger partial charge is 0.303 e. The van der Waals surface area contributed by atoms with Crippen LogP contribution >= 0.6 is 0 Å². The Labute approximate surface area is 145 Å². The number of aliphatic hydroxyl groups excluding tert-OH is 2. The fraction of sp³-hybridized carbons (Fsp3) is 0.889. The molecule has 0 aromatic carbocycles. The van der Waals surface area contributed by atoms with Gasteiger partial charge < -0.3 is 20.4 Å². The van der Waals surface area contributed by atoms with Crippen LogP contribution in [0.2, 0.25) is 0 Å². The van der Waals surface area contributed by atoms with E-state index in [0.29, 0.717) is 12.8 Å². The molecule has 0 spiro atoms. The molecule has 0 aliphatic heterocycles. The molecule has 0 bridgehead atoms. The molecular weight excluding hydrogens is 312 g/mol. The van der Waals surface area contributed by atoms with Crippen LogP contribution in [0.4, 0.5) is 0 Å². The predicted octanol–water partition coefficient (Wildman–Crippen LogP) is 3.59. The second kappa shape index (κ2) is 21.9. The van der Waals surface area contributed by atoms with Gasteiger partial charge >= 0.3 is 11.9 Å². The van der Waals surface area contributed by atoms with Crippen LogP contribution in [-0.4, -0.2) is 45.6 Å². The maximum absolute atomic E-state index is 10.3. The summed E-state index contributed by atoms with van der Waals surface area (Å²) in [5.74, 6) is -1.40. The lowest BCUT2D eigenvalue weighted by molar-refractivity contribution is -0.138. The number of carbonyl (C=O) groups is 2. The number of hydrogen-bond acceptors (Lipinski definition) is 4. The van der Waals surface area contributed by atoms with Gasteiger partial charge in [0.2, 0.25) is 0 Å². The SMILES string of the molecule is O=C(O)CCCCCCCCCCCCC(=O)O.OCCCCO. The van der Waals surface area contributed by atoms with E-state index in [1.807, 2.05) is 0 Å². The Kier molecular flexibility index (Phi) is 22.9. The van der Waals surface area contributed by atoms with Gasteiger partial charge in [-0.05, 0) is 25.7 Å². The first-order valence-electron chi connectivity index (χ1n) is 9.20. The van der Waals surface area contributed by atoms with E-state index in [1.54, 1.807) is 0 Å². The summed E-state index contributed by atoms with van der Waals surface area (Å²) in [6.07, 6.45) is 12.7. The standard InChI is InChI=1S/C14H26O4.C4H10O2/c15-13(16)11-9-7-5-3-1-2-4-6-8-10-12-14(17)18;5-3-1-2-4-6/h1-12H2,(H,15,16)(H,17,18);5-6H,1-4H2. The average molecular weight is 348 g/mol. The minimum Gasteiger partial charge on any atom is -0.481 e. The van der Waals surface area contributed by atoms with Gasteiger partial charge in [-0.3, -0.25) is 9.59 Å². The molecule has 6 nitrogen and oxygen atoms in total. The lowest BCUT2D eigenvalue weighted by Crippen LogP contribution is -1.93. The third kappa shape index (κ3) is 28.9. The summed E-state index contributed by atoms with van der Waals surface area (Å²) in [4.78, 5) is 20.5. The van der Waals surface area contributed by atoms with Gasteiger partial charge in [0.1, 0.15) is 0 Å². The molecule has 0 aliphatic carbocycles. The largest absolute Gasteiger partial charge is 0.481 e. The summed E-state index contributed by atoms with van der Waals surface area (Å²) in [5, 5.41) is 33.1. The molecule has 0 saturated heterocycles. The minimum absolute atomic E-state index is 0.195. The zero-order chi connectivity index (χ0) is 18.5. The van der Waals surface area contributed by atoms with E-state index in [-0.39, 0.29) is 13.2 Å². The molecule has 0 atom stereocenters. The van der Waals surface area contributed by atoms with Gasteiger partial charge in [0, 0.05) is 26.1 Å². The topological polar surface area (TPSA) is 115 Å². The summed E-state index contributed by atoms with van der Waals surface area (Å²) in [5.41, 5.74) is 0. The van der Waals surface area contributed by atoms with Crippen LogP contribution in [-0.2, 0) is 9.59 Å². The van der Waals surface area contributed by atoms with E-state index in [0.717, 1.165) is 51.4 Å². The molecule has 6 heteroatoms. The monoisotopic (exact) mass is 348 g/mol. The molecule has 0 rings (SSSR count). The molecule has 0 amide bonds. The molecule has 0 unspecified atom stereocenters. The molecule has 4 N–H and O–H groups in total. The van der Waals surface area contributed by atoms with E-state index >= 15 is 0 Å². The Balaban J connectivity index is 0. The Bertz CT molecular complexity index is 253. The van der Waals surface area contributed by atoms with Gasteiger partial charge in [-0.25, -0.2) is 0 Å².